The van der Waals surface area contributed by atoms with Crippen LogP contribution in [-0.2, 0) is 0 Å². The van der Waals surface area contributed by atoms with Crippen LogP contribution in [0.25, 0.3) is 11.3 Å². The number of hydrogen-bond acceptors (Lipinski definition) is 7. The zero-order valence-electron chi connectivity index (χ0n) is 13.7. The highest BCUT2D eigenvalue weighted by atomic mass is 15.4. The summed E-state index contributed by atoms with van der Waals surface area (Å²) in [5.74, 6) is 3.10. The first kappa shape index (κ1) is 14.1. The molecule has 1 aliphatic heterocycles. The summed E-state index contributed by atoms with van der Waals surface area (Å²) in [6.07, 6.45) is 1.96. The fraction of sp³-hybridized carbons (Fsp3) is 0.312. The molecule has 1 aliphatic rings. The maximum Gasteiger partial charge on any atom is 0.229 e. The summed E-state index contributed by atoms with van der Waals surface area (Å²) in [6.45, 7) is 4.69. The number of pyridine rings is 1. The molecule has 0 aromatic carbocycles. The minimum Gasteiger partial charge on any atom is -0.354 e. The van der Waals surface area contributed by atoms with E-state index in [9.17, 15) is 0 Å². The van der Waals surface area contributed by atoms with E-state index in [1.807, 2.05) is 47.9 Å². The average Bonchev–Trinajstić information content (AvgIpc) is 3.18. The van der Waals surface area contributed by atoms with Crippen LogP contribution in [0.5, 0.6) is 0 Å². The second kappa shape index (κ2) is 5.40. The number of aryl methyl sites for hydroxylation is 1. The summed E-state index contributed by atoms with van der Waals surface area (Å²) in [7, 11) is 0. The van der Waals surface area contributed by atoms with Gasteiger partial charge in [0.15, 0.2) is 17.1 Å². The van der Waals surface area contributed by atoms with Crippen LogP contribution < -0.4 is 10.2 Å². The Morgan fingerprint density at radius 1 is 1.04 bits per heavy atom. The minimum atomic E-state index is 0.551. The molecule has 0 saturated carbocycles. The van der Waals surface area contributed by atoms with Crippen LogP contribution in [0.2, 0.25) is 0 Å². The lowest BCUT2D eigenvalue weighted by Crippen LogP contribution is -2.50. The fourth-order valence-corrected chi connectivity index (χ4v) is 3.14. The number of rotatable bonds is 4. The van der Waals surface area contributed by atoms with Crippen LogP contribution in [0.15, 0.2) is 36.5 Å². The normalized spacial score (nSPS) is 15.0. The zero-order valence-corrected chi connectivity index (χ0v) is 13.7. The molecule has 0 radical (unpaired) electrons. The van der Waals surface area contributed by atoms with Gasteiger partial charge in [-0.05, 0) is 31.2 Å². The molecule has 9 nitrogen and oxygen atoms in total. The molecule has 0 spiro atoms. The van der Waals surface area contributed by atoms with Gasteiger partial charge in [0.25, 0.3) is 0 Å². The van der Waals surface area contributed by atoms with Crippen molar-refractivity contribution in [1.29, 1.82) is 0 Å². The quantitative estimate of drug-likeness (QED) is 0.596. The van der Waals surface area contributed by atoms with Gasteiger partial charge in [0.05, 0.1) is 0 Å². The zero-order chi connectivity index (χ0) is 16.8. The van der Waals surface area contributed by atoms with Gasteiger partial charge in [-0.25, -0.2) is 0 Å². The van der Waals surface area contributed by atoms with Gasteiger partial charge in [0.1, 0.15) is 5.82 Å². The van der Waals surface area contributed by atoms with Gasteiger partial charge in [0.2, 0.25) is 5.95 Å². The first-order valence-corrected chi connectivity index (χ1v) is 8.25. The van der Waals surface area contributed by atoms with E-state index in [1.165, 1.54) is 0 Å². The molecule has 4 aromatic rings. The van der Waals surface area contributed by atoms with Gasteiger partial charge in [-0.1, -0.05) is 6.07 Å². The van der Waals surface area contributed by atoms with Gasteiger partial charge >= 0.3 is 0 Å². The Kier molecular flexibility index (Phi) is 3.06. The molecule has 0 unspecified atom stereocenters. The smallest absolute Gasteiger partial charge is 0.229 e. The summed E-state index contributed by atoms with van der Waals surface area (Å²) in [5, 5.41) is 24.5. The first-order valence-electron chi connectivity index (χ1n) is 8.25. The van der Waals surface area contributed by atoms with Crippen molar-refractivity contribution in [2.24, 2.45) is 5.92 Å². The predicted octanol–water partition coefficient (Wildman–Crippen LogP) is 1.02. The van der Waals surface area contributed by atoms with Crippen molar-refractivity contribution in [3.8, 4) is 0 Å². The van der Waals surface area contributed by atoms with Crippen LogP contribution in [0.1, 0.15) is 5.82 Å². The van der Waals surface area contributed by atoms with E-state index in [0.29, 0.717) is 5.92 Å². The Labute approximate surface area is 143 Å². The molecule has 25 heavy (non-hydrogen) atoms. The lowest BCUT2D eigenvalue weighted by molar-refractivity contribution is 0.424. The number of nitrogens with one attached hydrogen (secondary N) is 1. The highest BCUT2D eigenvalue weighted by Crippen LogP contribution is 2.23. The molecule has 0 aliphatic carbocycles. The molecule has 0 bridgehead atoms. The van der Waals surface area contributed by atoms with Crippen LogP contribution in [0.3, 0.4) is 0 Å². The third kappa shape index (κ3) is 2.35. The van der Waals surface area contributed by atoms with E-state index in [0.717, 1.165) is 48.5 Å². The van der Waals surface area contributed by atoms with Crippen molar-refractivity contribution < 1.29 is 0 Å². The van der Waals surface area contributed by atoms with Crippen LogP contribution in [0.4, 0.5) is 11.8 Å². The van der Waals surface area contributed by atoms with Crippen molar-refractivity contribution in [2.45, 2.75) is 6.92 Å². The molecule has 126 valence electrons. The summed E-state index contributed by atoms with van der Waals surface area (Å²) >= 11 is 0. The Morgan fingerprint density at radius 3 is 2.84 bits per heavy atom. The monoisotopic (exact) mass is 335 g/mol. The molecule has 1 fully saturated rings. The summed E-state index contributed by atoms with van der Waals surface area (Å²) in [4.78, 5) is 2.26. The molecule has 1 N–H and O–H groups in total. The average molecular weight is 335 g/mol. The van der Waals surface area contributed by atoms with E-state index < -0.39 is 0 Å². The van der Waals surface area contributed by atoms with Gasteiger partial charge in [0, 0.05) is 31.7 Å². The van der Waals surface area contributed by atoms with Crippen molar-refractivity contribution in [1.82, 2.24) is 34.4 Å². The molecular formula is C16H17N9. The lowest BCUT2D eigenvalue weighted by Gasteiger charge is -2.40. The molecule has 1 saturated heterocycles. The van der Waals surface area contributed by atoms with Crippen molar-refractivity contribution >= 4 is 23.1 Å². The van der Waals surface area contributed by atoms with E-state index in [2.05, 4.69) is 35.7 Å². The Bertz CT molecular complexity index is 1040. The topological polar surface area (TPSA) is 88.5 Å². The number of hydrogen-bond donors (Lipinski definition) is 1. The largest absolute Gasteiger partial charge is 0.354 e. The van der Waals surface area contributed by atoms with E-state index in [-0.39, 0.29) is 0 Å². The maximum atomic E-state index is 4.61. The van der Waals surface area contributed by atoms with E-state index >= 15 is 0 Å². The van der Waals surface area contributed by atoms with Crippen molar-refractivity contribution in [3.63, 3.8) is 0 Å². The predicted molar refractivity (Wildman–Crippen MR) is 92.7 cm³/mol. The van der Waals surface area contributed by atoms with E-state index in [4.69, 9.17) is 0 Å². The van der Waals surface area contributed by atoms with Crippen LogP contribution >= 0.6 is 0 Å². The highest BCUT2D eigenvalue weighted by molar-refractivity contribution is 5.48. The Balaban J connectivity index is 1.23. The number of anilines is 2. The fourth-order valence-electron chi connectivity index (χ4n) is 3.14. The van der Waals surface area contributed by atoms with E-state index in [1.54, 1.807) is 4.52 Å². The second-order valence-electron chi connectivity index (χ2n) is 6.31. The minimum absolute atomic E-state index is 0.551. The maximum absolute atomic E-state index is 4.61. The standard InChI is InChI=1S/C16H17N9/c1-11-18-20-14-5-6-15(22-25(11)14)23-9-12(10-23)8-17-16-21-19-13-4-2-3-7-24(13)16/h2-7,12H,8-10H2,1H3,(H,17,21). The number of aromatic nitrogens is 7. The molecule has 5 heterocycles. The third-order valence-electron chi connectivity index (χ3n) is 4.55. The molecule has 9 heteroatoms. The van der Waals surface area contributed by atoms with Crippen molar-refractivity contribution in [3.05, 3.63) is 42.4 Å². The number of fused-ring (bicyclic) bond motifs is 2. The molecular weight excluding hydrogens is 318 g/mol. The molecule has 0 amide bonds. The molecule has 4 aromatic heterocycles. The summed E-state index contributed by atoms with van der Waals surface area (Å²) in [5.41, 5.74) is 1.63. The summed E-state index contributed by atoms with van der Waals surface area (Å²) in [6, 6.07) is 9.83. The van der Waals surface area contributed by atoms with Gasteiger partial charge in [-0.3, -0.25) is 4.40 Å². The first-order chi connectivity index (χ1) is 12.3. The SMILES string of the molecule is Cc1nnc2ccc(N3CC(CNc4nnc5ccccn45)C3)nn12. The Morgan fingerprint density at radius 2 is 1.92 bits per heavy atom. The van der Waals surface area contributed by atoms with Gasteiger partial charge in [-0.15, -0.1) is 25.5 Å². The highest BCUT2D eigenvalue weighted by Gasteiger charge is 2.28. The molecule has 0 atom stereocenters. The molecule has 5 rings (SSSR count). The second-order valence-corrected chi connectivity index (χ2v) is 6.31. The third-order valence-corrected chi connectivity index (χ3v) is 4.55. The van der Waals surface area contributed by atoms with Crippen LogP contribution in [-0.4, -0.2) is 54.0 Å². The Hall–Kier alpha value is -3.23. The number of nitrogens with zero attached hydrogens (tertiary/aromatic N) is 8. The van der Waals surface area contributed by atoms with Crippen molar-refractivity contribution in [2.75, 3.05) is 29.9 Å². The lowest BCUT2D eigenvalue weighted by atomic mass is 10.0. The van der Waals surface area contributed by atoms with Gasteiger partial charge < -0.3 is 10.2 Å². The summed E-state index contributed by atoms with van der Waals surface area (Å²) < 4.78 is 3.74. The van der Waals surface area contributed by atoms with Crippen LogP contribution in [0, 0.1) is 12.8 Å². The van der Waals surface area contributed by atoms with Gasteiger partial charge in [-0.2, -0.15) is 4.52 Å².